The lowest BCUT2D eigenvalue weighted by atomic mass is 10.3. The van der Waals surface area contributed by atoms with Gasteiger partial charge in [-0.25, -0.2) is 4.39 Å². The van der Waals surface area contributed by atoms with Crippen molar-refractivity contribution in [1.82, 2.24) is 0 Å². The summed E-state index contributed by atoms with van der Waals surface area (Å²) in [7, 11) is 0. The smallest absolute Gasteiger partial charge is 0.238 e. The Morgan fingerprint density at radius 3 is 2.93 bits per heavy atom. The molecule has 0 saturated carbocycles. The highest BCUT2D eigenvalue weighted by molar-refractivity contribution is 14.1. The number of carbonyl (C=O) groups is 1. The van der Waals surface area contributed by atoms with Crippen LogP contribution in [0.5, 0.6) is 0 Å². The molecule has 2 nitrogen and oxygen atoms in total. The van der Waals surface area contributed by atoms with Gasteiger partial charge >= 0.3 is 0 Å². The van der Waals surface area contributed by atoms with Crippen molar-refractivity contribution in [2.75, 3.05) is 5.32 Å². The summed E-state index contributed by atoms with van der Waals surface area (Å²) >= 11 is 5.10. The van der Waals surface area contributed by atoms with Crippen LogP contribution < -0.4 is 5.32 Å². The van der Waals surface area contributed by atoms with Gasteiger partial charge < -0.3 is 5.32 Å². The molecule has 1 aromatic carbocycles. The summed E-state index contributed by atoms with van der Waals surface area (Å²) in [6.45, 7) is 1.90. The van der Waals surface area contributed by atoms with E-state index in [-0.39, 0.29) is 16.6 Å². The summed E-state index contributed by atoms with van der Waals surface area (Å²) in [4.78, 5) is 11.3. The van der Waals surface area contributed by atoms with Crippen molar-refractivity contribution >= 4 is 50.1 Å². The van der Waals surface area contributed by atoms with Crippen LogP contribution in [0.4, 0.5) is 10.1 Å². The molecule has 0 saturated heterocycles. The second kappa shape index (κ2) is 5.79. The number of benzene rings is 1. The first-order chi connectivity index (χ1) is 7.06. The van der Waals surface area contributed by atoms with Crippen molar-refractivity contribution in [2.45, 2.75) is 18.2 Å². The molecule has 0 bridgehead atoms. The standard InChI is InChI=1S/C10H10BrFINO/c1-2-6(11)10(15)14-8-5-3-4-7(12)9(8)13/h3-6H,2H2,1H3,(H,14,15). The molecule has 0 spiro atoms. The molecule has 1 amide bonds. The van der Waals surface area contributed by atoms with E-state index in [2.05, 4.69) is 21.2 Å². The van der Waals surface area contributed by atoms with Gasteiger partial charge in [0.2, 0.25) is 5.91 Å². The van der Waals surface area contributed by atoms with Crippen molar-refractivity contribution in [3.05, 3.63) is 27.6 Å². The second-order valence-corrected chi connectivity index (χ2v) is 5.15. The lowest BCUT2D eigenvalue weighted by Crippen LogP contribution is -2.22. The normalized spacial score (nSPS) is 12.3. The summed E-state index contributed by atoms with van der Waals surface area (Å²) in [5.41, 5.74) is 0.513. The Hall–Kier alpha value is -0.170. The number of alkyl halides is 1. The molecule has 0 radical (unpaired) electrons. The van der Waals surface area contributed by atoms with Crippen LogP contribution in [0.1, 0.15) is 13.3 Å². The summed E-state index contributed by atoms with van der Waals surface area (Å²) in [6.07, 6.45) is 0.692. The molecule has 0 aliphatic heterocycles. The fourth-order valence-electron chi connectivity index (χ4n) is 0.997. The van der Waals surface area contributed by atoms with E-state index >= 15 is 0 Å². The summed E-state index contributed by atoms with van der Waals surface area (Å²) < 4.78 is 13.6. The van der Waals surface area contributed by atoms with Crippen LogP contribution in [0.2, 0.25) is 0 Å². The Balaban J connectivity index is 2.81. The first-order valence-electron chi connectivity index (χ1n) is 4.45. The van der Waals surface area contributed by atoms with Crippen molar-refractivity contribution in [2.24, 2.45) is 0 Å². The molecule has 0 fully saturated rings. The summed E-state index contributed by atoms with van der Waals surface area (Å²) in [6, 6.07) is 4.61. The molecular weight excluding hydrogens is 376 g/mol. The maximum absolute atomic E-state index is 13.1. The van der Waals surface area contributed by atoms with Crippen molar-refractivity contribution < 1.29 is 9.18 Å². The quantitative estimate of drug-likeness (QED) is 0.625. The van der Waals surface area contributed by atoms with Crippen LogP contribution in [-0.4, -0.2) is 10.7 Å². The molecule has 1 rings (SSSR count). The second-order valence-electron chi connectivity index (χ2n) is 2.97. The predicted molar refractivity (Wildman–Crippen MR) is 70.8 cm³/mol. The van der Waals surface area contributed by atoms with Gasteiger partial charge in [0.25, 0.3) is 0 Å². The summed E-state index contributed by atoms with van der Waals surface area (Å²) in [5.74, 6) is -0.475. The van der Waals surface area contributed by atoms with Gasteiger partial charge in [0.1, 0.15) is 5.82 Å². The maximum Gasteiger partial charge on any atom is 0.238 e. The van der Waals surface area contributed by atoms with E-state index in [0.29, 0.717) is 15.7 Å². The van der Waals surface area contributed by atoms with Crippen LogP contribution in [0.3, 0.4) is 0 Å². The summed E-state index contributed by atoms with van der Waals surface area (Å²) in [5, 5.41) is 2.67. The topological polar surface area (TPSA) is 29.1 Å². The van der Waals surface area contributed by atoms with Gasteiger partial charge in [-0.15, -0.1) is 0 Å². The highest BCUT2D eigenvalue weighted by Crippen LogP contribution is 2.21. The SMILES string of the molecule is CCC(Br)C(=O)Nc1cccc(F)c1I. The number of amides is 1. The average Bonchev–Trinajstić information content (AvgIpc) is 2.23. The van der Waals surface area contributed by atoms with E-state index in [9.17, 15) is 9.18 Å². The van der Waals surface area contributed by atoms with Crippen LogP contribution in [0.25, 0.3) is 0 Å². The van der Waals surface area contributed by atoms with Gasteiger partial charge in [-0.05, 0) is 41.1 Å². The number of rotatable bonds is 3. The van der Waals surface area contributed by atoms with E-state index in [1.807, 2.05) is 29.5 Å². The Kier molecular flexibility index (Phi) is 4.98. The van der Waals surface area contributed by atoms with Gasteiger partial charge in [0.15, 0.2) is 0 Å². The molecule has 5 heteroatoms. The molecule has 1 N–H and O–H groups in total. The van der Waals surface area contributed by atoms with Crippen molar-refractivity contribution in [3.8, 4) is 0 Å². The number of nitrogens with one attached hydrogen (secondary N) is 1. The highest BCUT2D eigenvalue weighted by Gasteiger charge is 2.14. The molecule has 0 aromatic heterocycles. The number of hydrogen-bond donors (Lipinski definition) is 1. The minimum Gasteiger partial charge on any atom is -0.324 e. The van der Waals surface area contributed by atoms with Gasteiger partial charge in [0, 0.05) is 0 Å². The fraction of sp³-hybridized carbons (Fsp3) is 0.300. The lowest BCUT2D eigenvalue weighted by molar-refractivity contribution is -0.115. The molecule has 1 atom stereocenters. The number of anilines is 1. The third-order valence-corrected chi connectivity index (χ3v) is 4.01. The minimum atomic E-state index is -0.323. The van der Waals surface area contributed by atoms with Gasteiger partial charge in [-0.1, -0.05) is 28.9 Å². The molecular formula is C10H10BrFINO. The lowest BCUT2D eigenvalue weighted by Gasteiger charge is -2.10. The first kappa shape index (κ1) is 12.9. The molecule has 82 valence electrons. The predicted octanol–water partition coefficient (Wildman–Crippen LogP) is 3.54. The van der Waals surface area contributed by atoms with E-state index in [1.165, 1.54) is 6.07 Å². The fourth-order valence-corrected chi connectivity index (χ4v) is 1.61. The van der Waals surface area contributed by atoms with Crippen LogP contribution in [-0.2, 0) is 4.79 Å². The number of halogens is 3. The zero-order chi connectivity index (χ0) is 11.4. The first-order valence-corrected chi connectivity index (χ1v) is 6.44. The van der Waals surface area contributed by atoms with E-state index in [4.69, 9.17) is 0 Å². The molecule has 15 heavy (non-hydrogen) atoms. The zero-order valence-corrected chi connectivity index (χ0v) is 11.8. The van der Waals surface area contributed by atoms with Crippen molar-refractivity contribution in [3.63, 3.8) is 0 Å². The third kappa shape index (κ3) is 3.41. The van der Waals surface area contributed by atoms with Gasteiger partial charge in [-0.3, -0.25) is 4.79 Å². The molecule has 0 aliphatic rings. The average molecular weight is 386 g/mol. The largest absolute Gasteiger partial charge is 0.324 e. The minimum absolute atomic E-state index is 0.152. The number of carbonyl (C=O) groups excluding carboxylic acids is 1. The Labute approximate surface area is 110 Å². The van der Waals surface area contributed by atoms with Crippen molar-refractivity contribution in [1.29, 1.82) is 0 Å². The van der Waals surface area contributed by atoms with Gasteiger partial charge in [-0.2, -0.15) is 0 Å². The Bertz CT molecular complexity index is 372. The molecule has 1 aromatic rings. The zero-order valence-electron chi connectivity index (χ0n) is 8.06. The number of hydrogen-bond acceptors (Lipinski definition) is 1. The van der Waals surface area contributed by atoms with E-state index < -0.39 is 0 Å². The van der Waals surface area contributed by atoms with Crippen LogP contribution in [0, 0.1) is 9.39 Å². The van der Waals surface area contributed by atoms with Crippen LogP contribution >= 0.6 is 38.5 Å². The van der Waals surface area contributed by atoms with E-state index in [1.54, 1.807) is 12.1 Å². The monoisotopic (exact) mass is 385 g/mol. The Morgan fingerprint density at radius 1 is 1.67 bits per heavy atom. The molecule has 1 unspecified atom stereocenters. The Morgan fingerprint density at radius 2 is 2.33 bits per heavy atom. The van der Waals surface area contributed by atoms with Gasteiger partial charge in [0.05, 0.1) is 14.1 Å². The van der Waals surface area contributed by atoms with E-state index in [0.717, 1.165) is 0 Å². The maximum atomic E-state index is 13.1. The third-order valence-electron chi connectivity index (χ3n) is 1.85. The molecule has 0 aliphatic carbocycles. The highest BCUT2D eigenvalue weighted by atomic mass is 127. The molecule has 0 heterocycles. The van der Waals surface area contributed by atoms with Crippen LogP contribution in [0.15, 0.2) is 18.2 Å².